The van der Waals surface area contributed by atoms with Crippen molar-refractivity contribution >= 4 is 0 Å². The second-order valence-corrected chi connectivity index (χ2v) is 6.33. The van der Waals surface area contributed by atoms with Gasteiger partial charge in [-0.3, -0.25) is 0 Å². The first-order valence-corrected chi connectivity index (χ1v) is 7.45. The molecule has 0 N–H and O–H groups in total. The van der Waals surface area contributed by atoms with E-state index in [-0.39, 0.29) is 33.0 Å². The van der Waals surface area contributed by atoms with Gasteiger partial charge in [-0.2, -0.15) is 0 Å². The quantitative estimate of drug-likeness (QED) is 0.678. The van der Waals surface area contributed by atoms with E-state index >= 15 is 0 Å². The maximum Gasteiger partial charge on any atom is -1.00 e. The third-order valence-electron chi connectivity index (χ3n) is 3.12. The summed E-state index contributed by atoms with van der Waals surface area (Å²) in [5, 5.41) is 0. The van der Waals surface area contributed by atoms with E-state index < -0.39 is 0 Å². The minimum absolute atomic E-state index is 0. The van der Waals surface area contributed by atoms with Gasteiger partial charge < -0.3 is 13.8 Å². The molecule has 2 aliphatic rings. The normalized spacial score (nSPS) is 18.1. The Balaban J connectivity index is 0.00000128. The van der Waals surface area contributed by atoms with Gasteiger partial charge in [0, 0.05) is 0 Å². The van der Waals surface area contributed by atoms with Crippen molar-refractivity contribution in [3.8, 4) is 0 Å². The Bertz CT molecular complexity index is 342. The van der Waals surface area contributed by atoms with Crippen molar-refractivity contribution < 1.29 is 33.0 Å². The Morgan fingerprint density at radius 1 is 1.00 bits per heavy atom. The molecule has 0 unspecified atom stereocenters. The maximum atomic E-state index is 2.34. The molecule has 0 aromatic rings. The molecule has 0 saturated heterocycles. The first-order valence-electron chi connectivity index (χ1n) is 5.89. The van der Waals surface area contributed by atoms with Crippen LogP contribution in [0.15, 0.2) is 43.2 Å². The van der Waals surface area contributed by atoms with E-state index in [1.165, 1.54) is 25.7 Å². The summed E-state index contributed by atoms with van der Waals surface area (Å²) >= 11 is 0.0149. The minimum atomic E-state index is 0. The van der Waals surface area contributed by atoms with Gasteiger partial charge >= 0.3 is 102 Å². The van der Waals surface area contributed by atoms with Crippen molar-refractivity contribution in [2.24, 2.45) is 0 Å². The average molecular weight is 271 g/mol. The van der Waals surface area contributed by atoms with Crippen LogP contribution in [0.1, 0.15) is 41.0 Å². The van der Waals surface area contributed by atoms with Gasteiger partial charge in [0.1, 0.15) is 0 Å². The number of hydrogen-bond acceptors (Lipinski definition) is 0. The molecule has 0 fully saturated rings. The molecule has 2 aliphatic carbocycles. The van der Waals surface area contributed by atoms with Crippen molar-refractivity contribution in [2.45, 2.75) is 39.5 Å². The molecule has 2 heteroatoms. The van der Waals surface area contributed by atoms with E-state index in [4.69, 9.17) is 0 Å². The summed E-state index contributed by atoms with van der Waals surface area (Å²) in [5.41, 5.74) is 3.26. The van der Waals surface area contributed by atoms with Crippen LogP contribution in [0.25, 0.3) is 0 Å². The number of allylic oxidation sites excluding steroid dienone is 8. The van der Waals surface area contributed by atoms with Crippen molar-refractivity contribution in [1.82, 2.24) is 0 Å². The molecular weight excluding hydrogens is 251 g/mol. The fraction of sp³-hybridized carbons (Fsp3) is 0.429. The van der Waals surface area contributed by atoms with Gasteiger partial charge in [-0.15, -0.1) is 0 Å². The molecule has 16 heavy (non-hydrogen) atoms. The van der Waals surface area contributed by atoms with Gasteiger partial charge in [0.25, 0.3) is 0 Å². The monoisotopic (exact) mass is 270 g/mol. The van der Waals surface area contributed by atoms with E-state index in [1.807, 2.05) is 0 Å². The third-order valence-corrected chi connectivity index (χ3v) is 5.70. The van der Waals surface area contributed by atoms with Crippen LogP contribution in [-0.4, -0.2) is 0 Å². The molecule has 86 valence electrons. The van der Waals surface area contributed by atoms with E-state index in [0.717, 1.165) is 0 Å². The maximum absolute atomic E-state index is 2.34. The molecule has 0 radical (unpaired) electrons. The third kappa shape index (κ3) is 3.00. The number of halogens is 1. The van der Waals surface area contributed by atoms with Crippen molar-refractivity contribution in [3.05, 3.63) is 43.2 Å². The van der Waals surface area contributed by atoms with Gasteiger partial charge in [0.2, 0.25) is 0 Å². The number of rotatable bonds is 4. The Labute approximate surface area is 115 Å². The summed E-state index contributed by atoms with van der Waals surface area (Å²) in [6.07, 6.45) is 14.3. The van der Waals surface area contributed by atoms with E-state index in [0.29, 0.717) is 0 Å². The van der Waals surface area contributed by atoms with Crippen LogP contribution in [0.4, 0.5) is 0 Å². The molecule has 0 atom stereocenters. The van der Waals surface area contributed by atoms with Crippen molar-refractivity contribution in [1.29, 1.82) is 0 Å². The largest absolute Gasteiger partial charge is 1.00 e. The first kappa shape index (κ1) is 14.0. The van der Waals surface area contributed by atoms with Crippen LogP contribution in [0, 0.1) is 0 Å². The zero-order valence-corrected chi connectivity index (χ0v) is 12.3. The predicted octanol–water partition coefficient (Wildman–Crippen LogP) is 1.43. The van der Waals surface area contributed by atoms with Crippen molar-refractivity contribution in [2.75, 3.05) is 0 Å². The fourth-order valence-electron chi connectivity index (χ4n) is 2.21. The van der Waals surface area contributed by atoms with Crippen LogP contribution in [-0.2, 0) is 19.2 Å². The van der Waals surface area contributed by atoms with Crippen LogP contribution in [0.3, 0.4) is 0 Å². The average Bonchev–Trinajstić information content (AvgIpc) is 2.87. The molecule has 0 spiro atoms. The molecule has 0 aromatic heterocycles. The summed E-state index contributed by atoms with van der Waals surface area (Å²) in [7, 11) is 0. The zero-order valence-electron chi connectivity index (χ0n) is 11.0. The molecule has 2 rings (SSSR count). The van der Waals surface area contributed by atoms with Crippen LogP contribution < -0.4 is 12.4 Å². The van der Waals surface area contributed by atoms with Gasteiger partial charge in [-0.05, 0) is 0 Å². The van der Waals surface area contributed by atoms with Gasteiger partial charge in [-0.25, -0.2) is 0 Å². The first-order chi connectivity index (χ1) is 7.35. The Kier molecular flexibility index (Phi) is 5.82. The van der Waals surface area contributed by atoms with Crippen LogP contribution in [0.5, 0.6) is 0 Å². The standard InChI is InChI=1S/2C7H9.ClH.Ti.H/c2*1-2-7-5-3-4-6-7;;;/h2*3,5H,2,4H2,1H3;1H;;/q;;;+2;-1/p-1. The van der Waals surface area contributed by atoms with Crippen LogP contribution >= 0.6 is 0 Å². The molecule has 0 heterocycles. The molecule has 0 nitrogen and oxygen atoms in total. The van der Waals surface area contributed by atoms with Gasteiger partial charge in [0.05, 0.1) is 0 Å². The molecule has 0 aliphatic heterocycles. The van der Waals surface area contributed by atoms with E-state index in [9.17, 15) is 0 Å². The summed E-state index contributed by atoms with van der Waals surface area (Å²) < 4.78 is 3.56. The van der Waals surface area contributed by atoms with Crippen LogP contribution in [0.2, 0.25) is 0 Å². The summed E-state index contributed by atoms with van der Waals surface area (Å²) in [5.74, 6) is 0. The molecule has 0 aromatic carbocycles. The number of hydrogen-bond donors (Lipinski definition) is 0. The Morgan fingerprint density at radius 2 is 1.44 bits per heavy atom. The van der Waals surface area contributed by atoms with E-state index in [2.05, 4.69) is 38.2 Å². The summed E-state index contributed by atoms with van der Waals surface area (Å²) in [6, 6.07) is 0. The SMILES string of the molecule is CCC1=[C]([Ti+2][C]2=C(CC)C=CC2)CC=C1.[Cl-].[H-]. The minimum Gasteiger partial charge on any atom is -1.00 e. The molecule has 0 amide bonds. The zero-order chi connectivity index (χ0) is 10.7. The van der Waals surface area contributed by atoms with Gasteiger partial charge in [-0.1, -0.05) is 0 Å². The Hall–Kier alpha value is -0.0357. The molecule has 0 saturated carbocycles. The second kappa shape index (κ2) is 6.64. The van der Waals surface area contributed by atoms with E-state index in [1.54, 1.807) is 18.9 Å². The molecule has 0 bridgehead atoms. The topological polar surface area (TPSA) is 0 Å². The summed E-state index contributed by atoms with van der Waals surface area (Å²) in [6.45, 7) is 4.55. The predicted molar refractivity (Wildman–Crippen MR) is 63.3 cm³/mol. The van der Waals surface area contributed by atoms with Gasteiger partial charge in [0.15, 0.2) is 0 Å². The second-order valence-electron chi connectivity index (χ2n) is 4.05. The summed E-state index contributed by atoms with van der Waals surface area (Å²) in [4.78, 5) is 0. The van der Waals surface area contributed by atoms with Crippen molar-refractivity contribution in [3.63, 3.8) is 0 Å². The molecular formula is C14H19ClTi. The fourth-order valence-corrected chi connectivity index (χ4v) is 4.78. The Morgan fingerprint density at radius 3 is 1.81 bits per heavy atom. The smallest absolute Gasteiger partial charge is 1.00 e.